The number of fused-ring (bicyclic) bond motifs is 1. The Kier molecular flexibility index (Phi) is 3.88. The van der Waals surface area contributed by atoms with E-state index >= 15 is 0 Å². The molecule has 0 aromatic carbocycles. The van der Waals surface area contributed by atoms with E-state index in [2.05, 4.69) is 15.2 Å². The van der Waals surface area contributed by atoms with Crippen LogP contribution in [0.3, 0.4) is 0 Å². The largest absolute Gasteiger partial charge is 0.357 e. The number of nitrogens with zero attached hydrogens (tertiary/aromatic N) is 4. The molecule has 4 rings (SSSR count). The molecular weight excluding hydrogens is 302 g/mol. The smallest absolute Gasteiger partial charge is 0.242 e. The van der Waals surface area contributed by atoms with Crippen LogP contribution in [0.2, 0.25) is 0 Å². The third-order valence-corrected chi connectivity index (χ3v) is 4.92. The summed E-state index contributed by atoms with van der Waals surface area (Å²) >= 11 is 0. The Morgan fingerprint density at radius 2 is 2.04 bits per heavy atom. The van der Waals surface area contributed by atoms with Crippen molar-refractivity contribution in [2.24, 2.45) is 0 Å². The minimum Gasteiger partial charge on any atom is -0.357 e. The van der Waals surface area contributed by atoms with E-state index < -0.39 is 0 Å². The maximum absolute atomic E-state index is 12.2. The molecule has 0 bridgehead atoms. The van der Waals surface area contributed by atoms with Crippen LogP contribution < -0.4 is 10.2 Å². The molecule has 1 atom stereocenters. The predicted octanol–water partition coefficient (Wildman–Crippen LogP) is 1.74. The molecule has 1 N–H and O–H groups in total. The SMILES string of the molecule is CNC(=O)[C@@H]1CCCN1c1nc(-c2ccncc2)nc2c1CCC2. The minimum absolute atomic E-state index is 0.0725. The van der Waals surface area contributed by atoms with Gasteiger partial charge in [-0.15, -0.1) is 0 Å². The summed E-state index contributed by atoms with van der Waals surface area (Å²) in [5.41, 5.74) is 3.33. The van der Waals surface area contributed by atoms with Crippen LogP contribution in [-0.4, -0.2) is 40.5 Å². The van der Waals surface area contributed by atoms with E-state index in [0.29, 0.717) is 0 Å². The molecule has 1 fully saturated rings. The molecule has 0 radical (unpaired) electrons. The van der Waals surface area contributed by atoms with Crippen LogP contribution in [0.25, 0.3) is 11.4 Å². The summed E-state index contributed by atoms with van der Waals surface area (Å²) in [4.78, 5) is 28.1. The van der Waals surface area contributed by atoms with E-state index in [1.54, 1.807) is 19.4 Å². The van der Waals surface area contributed by atoms with Crippen LogP contribution in [0.1, 0.15) is 30.5 Å². The molecule has 1 aliphatic carbocycles. The average molecular weight is 323 g/mol. The Hall–Kier alpha value is -2.50. The Balaban J connectivity index is 1.80. The molecule has 124 valence electrons. The lowest BCUT2D eigenvalue weighted by atomic mass is 10.1. The number of nitrogens with one attached hydrogen (secondary N) is 1. The minimum atomic E-state index is -0.125. The van der Waals surface area contributed by atoms with Crippen molar-refractivity contribution >= 4 is 11.7 Å². The number of hydrogen-bond donors (Lipinski definition) is 1. The number of hydrogen-bond acceptors (Lipinski definition) is 5. The molecule has 2 aromatic rings. The summed E-state index contributed by atoms with van der Waals surface area (Å²) in [6, 6.07) is 3.74. The van der Waals surface area contributed by atoms with Crippen LogP contribution in [0.15, 0.2) is 24.5 Å². The first kappa shape index (κ1) is 15.1. The number of carbonyl (C=O) groups excluding carboxylic acids is 1. The number of rotatable bonds is 3. The Bertz CT molecular complexity index is 762. The van der Waals surface area contributed by atoms with Gasteiger partial charge < -0.3 is 10.2 Å². The first-order valence-corrected chi connectivity index (χ1v) is 8.56. The first-order chi connectivity index (χ1) is 11.8. The van der Waals surface area contributed by atoms with Gasteiger partial charge in [0.1, 0.15) is 11.9 Å². The van der Waals surface area contributed by atoms with Crippen LogP contribution in [0.4, 0.5) is 5.82 Å². The van der Waals surface area contributed by atoms with Crippen molar-refractivity contribution in [2.75, 3.05) is 18.5 Å². The van der Waals surface area contributed by atoms with E-state index in [0.717, 1.165) is 61.5 Å². The number of pyridine rings is 1. The lowest BCUT2D eigenvalue weighted by molar-refractivity contribution is -0.121. The van der Waals surface area contributed by atoms with E-state index in [4.69, 9.17) is 9.97 Å². The van der Waals surface area contributed by atoms with E-state index in [-0.39, 0.29) is 11.9 Å². The average Bonchev–Trinajstić information content (AvgIpc) is 3.30. The summed E-state index contributed by atoms with van der Waals surface area (Å²) in [6.45, 7) is 0.872. The van der Waals surface area contributed by atoms with Gasteiger partial charge in [-0.3, -0.25) is 9.78 Å². The normalized spacial score (nSPS) is 19.4. The van der Waals surface area contributed by atoms with E-state index in [1.165, 1.54) is 5.56 Å². The van der Waals surface area contributed by atoms with Gasteiger partial charge in [-0.25, -0.2) is 9.97 Å². The fourth-order valence-electron chi connectivity index (χ4n) is 3.74. The zero-order chi connectivity index (χ0) is 16.5. The lowest BCUT2D eigenvalue weighted by Gasteiger charge is -2.26. The third kappa shape index (κ3) is 2.52. The molecule has 6 heteroatoms. The highest BCUT2D eigenvalue weighted by Gasteiger charge is 2.34. The van der Waals surface area contributed by atoms with Crippen LogP contribution in [0.5, 0.6) is 0 Å². The van der Waals surface area contributed by atoms with Gasteiger partial charge in [-0.2, -0.15) is 0 Å². The van der Waals surface area contributed by atoms with Crippen molar-refractivity contribution in [2.45, 2.75) is 38.1 Å². The van der Waals surface area contributed by atoms with Crippen molar-refractivity contribution in [1.29, 1.82) is 0 Å². The third-order valence-electron chi connectivity index (χ3n) is 4.92. The van der Waals surface area contributed by atoms with Crippen molar-refractivity contribution in [3.8, 4) is 11.4 Å². The van der Waals surface area contributed by atoms with E-state index in [1.807, 2.05) is 12.1 Å². The molecule has 1 amide bonds. The molecule has 2 aliphatic rings. The zero-order valence-corrected chi connectivity index (χ0v) is 13.8. The molecule has 2 aromatic heterocycles. The van der Waals surface area contributed by atoms with Gasteiger partial charge in [0.15, 0.2) is 5.82 Å². The highest BCUT2D eigenvalue weighted by molar-refractivity contribution is 5.85. The molecule has 0 unspecified atom stereocenters. The molecule has 6 nitrogen and oxygen atoms in total. The topological polar surface area (TPSA) is 71.0 Å². The van der Waals surface area contributed by atoms with Crippen molar-refractivity contribution in [3.63, 3.8) is 0 Å². The summed E-state index contributed by atoms with van der Waals surface area (Å²) in [6.07, 6.45) is 8.50. The maximum Gasteiger partial charge on any atom is 0.242 e. The summed E-state index contributed by atoms with van der Waals surface area (Å²) in [7, 11) is 1.70. The summed E-state index contributed by atoms with van der Waals surface area (Å²) < 4.78 is 0. The van der Waals surface area contributed by atoms with Gasteiger partial charge in [-0.05, 0) is 44.2 Å². The van der Waals surface area contributed by atoms with Crippen LogP contribution in [-0.2, 0) is 17.6 Å². The highest BCUT2D eigenvalue weighted by Crippen LogP contribution is 2.34. The highest BCUT2D eigenvalue weighted by atomic mass is 16.2. The fraction of sp³-hybridized carbons (Fsp3) is 0.444. The number of anilines is 1. The quantitative estimate of drug-likeness (QED) is 0.931. The number of amides is 1. The Morgan fingerprint density at radius 3 is 2.83 bits per heavy atom. The fourth-order valence-corrected chi connectivity index (χ4v) is 3.74. The summed E-state index contributed by atoms with van der Waals surface area (Å²) in [5.74, 6) is 1.76. The van der Waals surface area contributed by atoms with Crippen LogP contribution >= 0.6 is 0 Å². The molecule has 1 saturated heterocycles. The summed E-state index contributed by atoms with van der Waals surface area (Å²) in [5, 5.41) is 2.79. The predicted molar refractivity (Wildman–Crippen MR) is 91.7 cm³/mol. The van der Waals surface area contributed by atoms with Gasteiger partial charge in [0, 0.05) is 42.8 Å². The second-order valence-corrected chi connectivity index (χ2v) is 6.35. The molecule has 3 heterocycles. The Labute approximate surface area is 141 Å². The van der Waals surface area contributed by atoms with Gasteiger partial charge in [0.25, 0.3) is 0 Å². The Morgan fingerprint density at radius 1 is 1.21 bits per heavy atom. The van der Waals surface area contributed by atoms with Gasteiger partial charge >= 0.3 is 0 Å². The second kappa shape index (κ2) is 6.19. The molecular formula is C18H21N5O. The zero-order valence-electron chi connectivity index (χ0n) is 13.8. The van der Waals surface area contributed by atoms with Crippen molar-refractivity contribution in [3.05, 3.63) is 35.8 Å². The van der Waals surface area contributed by atoms with E-state index in [9.17, 15) is 4.79 Å². The molecule has 0 saturated carbocycles. The van der Waals surface area contributed by atoms with Crippen molar-refractivity contribution < 1.29 is 4.79 Å². The number of aromatic nitrogens is 3. The number of carbonyl (C=O) groups is 1. The molecule has 0 spiro atoms. The maximum atomic E-state index is 12.2. The van der Waals surface area contributed by atoms with Gasteiger partial charge in [0.2, 0.25) is 5.91 Å². The van der Waals surface area contributed by atoms with Gasteiger partial charge in [0.05, 0.1) is 0 Å². The lowest BCUT2D eigenvalue weighted by Crippen LogP contribution is -2.42. The second-order valence-electron chi connectivity index (χ2n) is 6.35. The van der Waals surface area contributed by atoms with Gasteiger partial charge in [-0.1, -0.05) is 0 Å². The monoisotopic (exact) mass is 323 g/mol. The first-order valence-electron chi connectivity index (χ1n) is 8.56. The molecule has 1 aliphatic heterocycles. The van der Waals surface area contributed by atoms with Crippen molar-refractivity contribution in [1.82, 2.24) is 20.3 Å². The number of aryl methyl sites for hydroxylation is 1. The number of likely N-dealkylation sites (N-methyl/N-ethyl adjacent to an activating group) is 1. The standard InChI is InChI=1S/C18H21N5O/c1-19-18(24)15-6-3-11-23(15)17-13-4-2-5-14(13)21-16(22-17)12-7-9-20-10-8-12/h7-10,15H,2-6,11H2,1H3,(H,19,24)/t15-/m0/s1. The van der Waals surface area contributed by atoms with Crippen LogP contribution in [0, 0.1) is 0 Å². The molecule has 24 heavy (non-hydrogen) atoms.